The minimum atomic E-state index is -1.51. The predicted molar refractivity (Wildman–Crippen MR) is 155 cm³/mol. The molecule has 0 unspecified atom stereocenters. The van der Waals surface area contributed by atoms with E-state index in [0.717, 1.165) is 26.3 Å². The Morgan fingerprint density at radius 2 is 1.21 bits per heavy atom. The number of hydrogen-bond acceptors (Lipinski definition) is 10. The third kappa shape index (κ3) is 9.03. The van der Waals surface area contributed by atoms with E-state index in [1.807, 2.05) is 0 Å². The third-order valence-electron chi connectivity index (χ3n) is 6.98. The normalized spacial score (nSPS) is 24.1. The van der Waals surface area contributed by atoms with Gasteiger partial charge in [-0.15, -0.1) is 0 Å². The molecule has 0 N–H and O–H groups in total. The van der Waals surface area contributed by atoms with Crippen LogP contribution in [0.15, 0.2) is 42.5 Å². The Morgan fingerprint density at radius 3 is 1.74 bits per heavy atom. The second-order valence-electron chi connectivity index (χ2n) is 10.3. The van der Waals surface area contributed by atoms with Crippen LogP contribution in [-0.2, 0) is 60.5 Å². The maximum absolute atomic E-state index is 12.5. The number of aryl methyl sites for hydroxylation is 1. The second kappa shape index (κ2) is 15.0. The van der Waals surface area contributed by atoms with Crippen molar-refractivity contribution in [2.75, 3.05) is 6.61 Å². The molecular formula is C32H37ClO10. The van der Waals surface area contributed by atoms with Crippen molar-refractivity contribution in [2.24, 2.45) is 5.92 Å². The van der Waals surface area contributed by atoms with Gasteiger partial charge >= 0.3 is 29.8 Å². The molecule has 2 aromatic carbocycles. The van der Waals surface area contributed by atoms with E-state index in [1.165, 1.54) is 20.8 Å². The van der Waals surface area contributed by atoms with E-state index >= 15 is 0 Å². The van der Waals surface area contributed by atoms with E-state index in [0.29, 0.717) is 28.1 Å². The number of halogens is 1. The highest BCUT2D eigenvalue weighted by atomic mass is 35.5. The highest BCUT2D eigenvalue weighted by Gasteiger charge is 2.58. The Labute approximate surface area is 258 Å². The Hall–Kier alpha value is -3.92. The summed E-state index contributed by atoms with van der Waals surface area (Å²) in [6.45, 7) is 6.87. The van der Waals surface area contributed by atoms with Crippen LogP contribution in [0.5, 0.6) is 0 Å². The Kier molecular flexibility index (Phi) is 10.7. The number of benzene rings is 2. The van der Waals surface area contributed by atoms with E-state index in [4.69, 9.17) is 38.0 Å². The minimum Gasteiger partial charge on any atom is -0.465 e. The minimum absolute atomic E-state index is 0.336. The Morgan fingerprint density at radius 1 is 0.698 bits per heavy atom. The smallest absolute Gasteiger partial charge is 0.303 e. The molecule has 1 aliphatic rings. The highest BCUT2D eigenvalue weighted by molar-refractivity contribution is 6.31. The average Bonchev–Trinajstić information content (AvgIpc) is 2.90. The van der Waals surface area contributed by atoms with Crippen LogP contribution in [0.2, 0.25) is 5.02 Å². The van der Waals surface area contributed by atoms with Crippen LogP contribution in [0.25, 0.3) is 0 Å². The second-order valence-corrected chi connectivity index (χ2v) is 10.7. The molecule has 0 aromatic heterocycles. The summed E-state index contributed by atoms with van der Waals surface area (Å²) in [5.41, 5.74) is 2.48. The topological polar surface area (TPSA) is 132 Å². The van der Waals surface area contributed by atoms with E-state index in [2.05, 4.69) is 0 Å². The fourth-order valence-electron chi connectivity index (χ4n) is 5.36. The van der Waals surface area contributed by atoms with Crippen LogP contribution >= 0.6 is 11.6 Å². The monoisotopic (exact) mass is 618 g/mol. The lowest BCUT2D eigenvalue weighted by Gasteiger charge is -2.48. The summed E-state index contributed by atoms with van der Waals surface area (Å²) in [4.78, 5) is 61.3. The molecule has 0 amide bonds. The molecule has 10 nitrogen and oxygen atoms in total. The van der Waals surface area contributed by atoms with Crippen molar-refractivity contribution in [2.45, 2.75) is 84.7 Å². The maximum atomic E-state index is 12.5. The van der Waals surface area contributed by atoms with Crippen molar-refractivity contribution in [3.05, 3.63) is 69.7 Å². The number of ether oxygens (including phenoxy) is 5. The van der Waals surface area contributed by atoms with Crippen LogP contribution in [-0.4, -0.2) is 60.9 Å². The summed E-state index contributed by atoms with van der Waals surface area (Å²) in [7, 11) is 0. The molecule has 1 saturated carbocycles. The first-order valence-corrected chi connectivity index (χ1v) is 14.1. The van der Waals surface area contributed by atoms with Crippen LogP contribution in [0.4, 0.5) is 0 Å². The van der Waals surface area contributed by atoms with Gasteiger partial charge in [-0.05, 0) is 41.1 Å². The zero-order valence-electron chi connectivity index (χ0n) is 26.9. The summed E-state index contributed by atoms with van der Waals surface area (Å²) >= 11 is 6.61. The van der Waals surface area contributed by atoms with Crippen LogP contribution < -0.4 is 0 Å². The molecule has 0 spiro atoms. The van der Waals surface area contributed by atoms with Gasteiger partial charge in [-0.3, -0.25) is 24.0 Å². The highest BCUT2D eigenvalue weighted by Crippen LogP contribution is 2.44. The largest absolute Gasteiger partial charge is 0.465 e. The maximum Gasteiger partial charge on any atom is 0.303 e. The van der Waals surface area contributed by atoms with Crippen LogP contribution in [0.1, 0.15) is 72.5 Å². The van der Waals surface area contributed by atoms with Crippen molar-refractivity contribution >= 4 is 41.4 Å². The zero-order valence-corrected chi connectivity index (χ0v) is 25.6. The molecule has 6 atom stereocenters. The molecule has 43 heavy (non-hydrogen) atoms. The van der Waals surface area contributed by atoms with Gasteiger partial charge in [0.2, 0.25) is 0 Å². The summed E-state index contributed by atoms with van der Waals surface area (Å²) in [5.74, 6) is -5.68. The van der Waals surface area contributed by atoms with Gasteiger partial charge in [0.1, 0.15) is 12.7 Å². The molecule has 1 aliphatic carbocycles. The van der Waals surface area contributed by atoms with E-state index in [-0.39, 0.29) is 6.61 Å². The van der Waals surface area contributed by atoms with Crippen LogP contribution in [0, 0.1) is 5.92 Å². The quantitative estimate of drug-likeness (QED) is 0.277. The lowest BCUT2D eigenvalue weighted by atomic mass is 9.70. The summed E-state index contributed by atoms with van der Waals surface area (Å²) in [5, 5.41) is 0.406. The molecule has 11 heteroatoms. The number of hydrogen-bond donors (Lipinski definition) is 0. The number of carbonyl (C=O) groups excluding carboxylic acids is 5. The van der Waals surface area contributed by atoms with E-state index in [1.54, 1.807) is 42.5 Å². The number of esters is 5. The fraction of sp³-hybridized carbons (Fsp3) is 0.469. The van der Waals surface area contributed by atoms with Crippen LogP contribution in [0.3, 0.4) is 0 Å². The number of carbonyl (C=O) groups is 5. The SMILES string of the molecule is [2H]C([2H])(C)c1ccc(Cc2cc([C@H]3[C@H](OC(C)=O)[C@@H](OC(C)=O)[C@H](OC(C)=O)[C@@H](COC(C)=O)[C@@H]3OC(C)=O)ccc2Cl)cc1. The van der Waals surface area contributed by atoms with Gasteiger partial charge < -0.3 is 23.7 Å². The Bertz CT molecular complexity index is 1420. The van der Waals surface area contributed by atoms with Gasteiger partial charge in [0.25, 0.3) is 0 Å². The van der Waals surface area contributed by atoms with Gasteiger partial charge in [0, 0.05) is 42.4 Å². The Balaban J connectivity index is 2.21. The van der Waals surface area contributed by atoms with Gasteiger partial charge in [-0.1, -0.05) is 54.9 Å². The van der Waals surface area contributed by atoms with Crippen molar-refractivity contribution in [1.29, 1.82) is 0 Å². The van der Waals surface area contributed by atoms with Gasteiger partial charge in [-0.2, -0.15) is 0 Å². The van der Waals surface area contributed by atoms with Gasteiger partial charge in [0.15, 0.2) is 18.3 Å². The molecule has 3 rings (SSSR count). The third-order valence-corrected chi connectivity index (χ3v) is 7.35. The molecule has 0 aliphatic heterocycles. The molecule has 0 saturated heterocycles. The van der Waals surface area contributed by atoms with Gasteiger partial charge in [0.05, 0.1) is 11.8 Å². The summed E-state index contributed by atoms with van der Waals surface area (Å²) < 4.78 is 43.9. The first kappa shape index (κ1) is 30.5. The molecule has 232 valence electrons. The van der Waals surface area contributed by atoms with Gasteiger partial charge in [-0.25, -0.2) is 0 Å². The fourth-order valence-corrected chi connectivity index (χ4v) is 5.54. The first-order valence-electron chi connectivity index (χ1n) is 14.7. The van der Waals surface area contributed by atoms with Crippen molar-refractivity contribution in [3.8, 4) is 0 Å². The molecule has 0 bridgehead atoms. The van der Waals surface area contributed by atoms with E-state index < -0.39 is 72.5 Å². The average molecular weight is 619 g/mol. The summed E-state index contributed by atoms with van der Waals surface area (Å²) in [6.07, 6.45) is -6.39. The lowest BCUT2D eigenvalue weighted by molar-refractivity contribution is -0.222. The molecular weight excluding hydrogens is 580 g/mol. The van der Waals surface area contributed by atoms with Crippen molar-refractivity contribution in [1.82, 2.24) is 0 Å². The van der Waals surface area contributed by atoms with Crippen molar-refractivity contribution in [3.63, 3.8) is 0 Å². The molecule has 0 heterocycles. The number of rotatable bonds is 10. The van der Waals surface area contributed by atoms with Crippen molar-refractivity contribution < 1.29 is 50.4 Å². The summed E-state index contributed by atoms with van der Waals surface area (Å²) in [6, 6.07) is 12.0. The lowest BCUT2D eigenvalue weighted by Crippen LogP contribution is -2.62. The standard InChI is InChI=1S/C32H37ClO10/c1-7-22-8-10-23(11-9-22)14-25-15-24(12-13-27(25)33)28-29(40-18(3)35)26(16-39-17(2)34)30(41-19(4)36)32(43-21(6)38)31(28)42-20(5)37/h8-13,15,26,28-32H,7,14,16H2,1-6H3/t26-,28+,29-,30+,31-,32-/m0/s1/i7D2. The zero-order chi connectivity index (χ0) is 33.6. The van der Waals surface area contributed by atoms with E-state index in [9.17, 15) is 24.0 Å². The first-order chi connectivity index (χ1) is 21.0. The molecule has 0 radical (unpaired) electrons. The molecule has 2 aromatic rings. The molecule has 1 fully saturated rings. The predicted octanol–water partition coefficient (Wildman–Crippen LogP) is 4.50.